The van der Waals surface area contributed by atoms with Crippen LogP contribution in [0.3, 0.4) is 0 Å². The molecule has 0 aliphatic heterocycles. The van der Waals surface area contributed by atoms with Gasteiger partial charge in [-0.15, -0.1) is 11.6 Å². The van der Waals surface area contributed by atoms with Gasteiger partial charge in [-0.25, -0.2) is 0 Å². The van der Waals surface area contributed by atoms with Crippen molar-refractivity contribution in [2.75, 3.05) is 12.5 Å². The van der Waals surface area contributed by atoms with Gasteiger partial charge in [0.1, 0.15) is 0 Å². The molecule has 0 N–H and O–H groups in total. The molecule has 0 unspecified atom stereocenters. The van der Waals surface area contributed by atoms with Crippen LogP contribution < -0.4 is 0 Å². The minimum atomic E-state index is 0.562. The third-order valence-corrected chi connectivity index (χ3v) is 3.24. The lowest BCUT2D eigenvalue weighted by molar-refractivity contribution is 0.0256. The van der Waals surface area contributed by atoms with Crippen LogP contribution in [0.15, 0.2) is 0 Å². The van der Waals surface area contributed by atoms with Gasteiger partial charge in [0.15, 0.2) is 0 Å². The third kappa shape index (κ3) is 1.54. The maximum atomic E-state index is 5.65. The lowest BCUT2D eigenvalue weighted by Crippen LogP contribution is -2.21. The fraction of sp³-hybridized carbons (Fsp3) is 1.00. The van der Waals surface area contributed by atoms with Gasteiger partial charge in [-0.3, -0.25) is 0 Å². The van der Waals surface area contributed by atoms with Crippen molar-refractivity contribution in [3.05, 3.63) is 0 Å². The Morgan fingerprint density at radius 3 is 2.73 bits per heavy atom. The first kappa shape index (κ1) is 7.88. The summed E-state index contributed by atoms with van der Waals surface area (Å²) in [6.07, 6.45) is 6.14. The summed E-state index contributed by atoms with van der Waals surface area (Å²) in [4.78, 5) is 0. The van der Waals surface area contributed by atoms with Gasteiger partial charge in [-0.05, 0) is 37.5 Å². The molecule has 1 nitrogen and oxygen atoms in total. The maximum Gasteiger partial charge on any atom is 0.0606 e. The van der Waals surface area contributed by atoms with Crippen molar-refractivity contribution in [3.63, 3.8) is 0 Å². The highest BCUT2D eigenvalue weighted by Crippen LogP contribution is 2.45. The van der Waals surface area contributed by atoms with Crippen LogP contribution in [-0.4, -0.2) is 18.6 Å². The van der Waals surface area contributed by atoms with Crippen molar-refractivity contribution in [2.24, 2.45) is 11.8 Å². The van der Waals surface area contributed by atoms with E-state index in [9.17, 15) is 0 Å². The number of hydrogen-bond acceptors (Lipinski definition) is 1. The Morgan fingerprint density at radius 1 is 1.27 bits per heavy atom. The van der Waals surface area contributed by atoms with Crippen molar-refractivity contribution in [1.82, 2.24) is 0 Å². The molecule has 2 fully saturated rings. The molecule has 0 aromatic heterocycles. The predicted octanol–water partition coefficient (Wildman–Crippen LogP) is 2.43. The van der Waals surface area contributed by atoms with E-state index in [4.69, 9.17) is 16.3 Å². The van der Waals surface area contributed by atoms with Gasteiger partial charge in [0.05, 0.1) is 12.7 Å². The number of fused-ring (bicyclic) bond motifs is 2. The second-order valence-corrected chi connectivity index (χ2v) is 4.15. The minimum Gasteiger partial charge on any atom is -0.377 e. The molecule has 2 bridgehead atoms. The van der Waals surface area contributed by atoms with Crippen molar-refractivity contribution in [2.45, 2.75) is 31.8 Å². The molecule has 2 saturated carbocycles. The summed E-state index contributed by atoms with van der Waals surface area (Å²) in [7, 11) is 0. The average molecular weight is 175 g/mol. The van der Waals surface area contributed by atoms with Gasteiger partial charge in [0, 0.05) is 5.88 Å². The first-order chi connectivity index (χ1) is 5.40. The molecule has 0 saturated heterocycles. The van der Waals surface area contributed by atoms with Crippen molar-refractivity contribution >= 4 is 11.6 Å². The topological polar surface area (TPSA) is 9.23 Å². The standard InChI is InChI=1S/C9H15ClO/c10-3-4-11-9-6-7-1-2-8(9)5-7/h7-9H,1-6H2/t7-,8-,9+/m1/s1. The first-order valence-electron chi connectivity index (χ1n) is 4.57. The summed E-state index contributed by atoms with van der Waals surface area (Å²) in [5.74, 6) is 2.51. The molecule has 0 heterocycles. The number of hydrogen-bond donors (Lipinski definition) is 0. The van der Waals surface area contributed by atoms with Crippen molar-refractivity contribution in [3.8, 4) is 0 Å². The number of alkyl halides is 1. The Labute approximate surface area is 73.1 Å². The molecular formula is C9H15ClO. The summed E-state index contributed by atoms with van der Waals surface area (Å²) in [5.41, 5.74) is 0. The van der Waals surface area contributed by atoms with E-state index < -0.39 is 0 Å². The molecule has 0 amide bonds. The second-order valence-electron chi connectivity index (χ2n) is 3.77. The van der Waals surface area contributed by atoms with Crippen LogP contribution >= 0.6 is 11.6 Å². The van der Waals surface area contributed by atoms with Crippen LogP contribution in [0.2, 0.25) is 0 Å². The Hall–Kier alpha value is 0.250. The molecule has 0 aromatic carbocycles. The highest BCUT2D eigenvalue weighted by Gasteiger charge is 2.39. The smallest absolute Gasteiger partial charge is 0.0606 e. The van der Waals surface area contributed by atoms with Gasteiger partial charge >= 0.3 is 0 Å². The van der Waals surface area contributed by atoms with E-state index in [2.05, 4.69) is 0 Å². The summed E-state index contributed by atoms with van der Waals surface area (Å²) >= 11 is 5.56. The van der Waals surface area contributed by atoms with E-state index in [1.807, 2.05) is 0 Å². The van der Waals surface area contributed by atoms with Gasteiger partial charge in [0.2, 0.25) is 0 Å². The van der Waals surface area contributed by atoms with Crippen LogP contribution in [0.25, 0.3) is 0 Å². The van der Waals surface area contributed by atoms with Gasteiger partial charge in [-0.1, -0.05) is 0 Å². The van der Waals surface area contributed by atoms with E-state index in [0.29, 0.717) is 12.0 Å². The average Bonchev–Trinajstić information content (AvgIpc) is 2.60. The van der Waals surface area contributed by atoms with Crippen LogP contribution in [0, 0.1) is 11.8 Å². The Balaban J connectivity index is 1.78. The Morgan fingerprint density at radius 2 is 2.18 bits per heavy atom. The molecule has 0 spiro atoms. The monoisotopic (exact) mass is 174 g/mol. The molecule has 0 radical (unpaired) electrons. The van der Waals surface area contributed by atoms with Gasteiger partial charge in [-0.2, -0.15) is 0 Å². The highest BCUT2D eigenvalue weighted by atomic mass is 35.5. The molecule has 2 heteroatoms. The summed E-state index contributed by atoms with van der Waals surface area (Å²) in [6.45, 7) is 0.745. The molecule has 64 valence electrons. The Kier molecular flexibility index (Phi) is 2.38. The molecule has 3 atom stereocenters. The minimum absolute atomic E-state index is 0.562. The molecule has 2 rings (SSSR count). The molecule has 2 aliphatic carbocycles. The molecule has 11 heavy (non-hydrogen) atoms. The fourth-order valence-corrected chi connectivity index (χ4v) is 2.68. The quantitative estimate of drug-likeness (QED) is 0.598. The largest absolute Gasteiger partial charge is 0.377 e. The highest BCUT2D eigenvalue weighted by molar-refractivity contribution is 6.17. The Bertz CT molecular complexity index is 138. The van der Waals surface area contributed by atoms with E-state index in [0.717, 1.165) is 18.4 Å². The third-order valence-electron chi connectivity index (χ3n) is 3.08. The fourth-order valence-electron chi connectivity index (χ4n) is 2.59. The number of halogens is 1. The van der Waals surface area contributed by atoms with Crippen molar-refractivity contribution in [1.29, 1.82) is 0 Å². The summed E-state index contributed by atoms with van der Waals surface area (Å²) in [6, 6.07) is 0. The SMILES string of the molecule is ClCCO[C@H]1C[C@@H]2CC[C@@H]1C2. The first-order valence-corrected chi connectivity index (χ1v) is 5.11. The molecule has 2 aliphatic rings. The van der Waals surface area contributed by atoms with Crippen LogP contribution in [0.1, 0.15) is 25.7 Å². The zero-order valence-electron chi connectivity index (χ0n) is 6.76. The number of rotatable bonds is 3. The predicted molar refractivity (Wildman–Crippen MR) is 45.9 cm³/mol. The van der Waals surface area contributed by atoms with E-state index in [1.54, 1.807) is 0 Å². The van der Waals surface area contributed by atoms with Crippen LogP contribution in [-0.2, 0) is 4.74 Å². The van der Waals surface area contributed by atoms with Crippen LogP contribution in [0.5, 0.6) is 0 Å². The molecular weight excluding hydrogens is 160 g/mol. The second kappa shape index (κ2) is 3.32. The normalized spacial score (nSPS) is 41.7. The van der Waals surface area contributed by atoms with E-state index in [-0.39, 0.29) is 0 Å². The zero-order valence-corrected chi connectivity index (χ0v) is 7.52. The lowest BCUT2D eigenvalue weighted by atomic mass is 9.98. The van der Waals surface area contributed by atoms with Crippen molar-refractivity contribution < 1.29 is 4.74 Å². The summed E-state index contributed by atoms with van der Waals surface area (Å²) < 4.78 is 5.65. The van der Waals surface area contributed by atoms with Crippen LogP contribution in [0.4, 0.5) is 0 Å². The maximum absolute atomic E-state index is 5.65. The summed E-state index contributed by atoms with van der Waals surface area (Å²) in [5, 5.41) is 0. The van der Waals surface area contributed by atoms with E-state index >= 15 is 0 Å². The number of ether oxygens (including phenoxy) is 1. The van der Waals surface area contributed by atoms with Gasteiger partial charge in [0.25, 0.3) is 0 Å². The zero-order chi connectivity index (χ0) is 7.68. The van der Waals surface area contributed by atoms with E-state index in [1.165, 1.54) is 25.7 Å². The lowest BCUT2D eigenvalue weighted by Gasteiger charge is -2.21. The van der Waals surface area contributed by atoms with Gasteiger partial charge < -0.3 is 4.74 Å². The molecule has 0 aromatic rings.